The molecule has 0 unspecified atom stereocenters. The highest BCUT2D eigenvalue weighted by molar-refractivity contribution is 8.14. The summed E-state index contributed by atoms with van der Waals surface area (Å²) in [5, 5.41) is 1.24. The van der Waals surface area contributed by atoms with Crippen LogP contribution in [0.25, 0.3) is 0 Å². The monoisotopic (exact) mass is 185 g/mol. The van der Waals surface area contributed by atoms with Crippen LogP contribution in [0.5, 0.6) is 0 Å². The van der Waals surface area contributed by atoms with Crippen molar-refractivity contribution in [2.75, 3.05) is 17.6 Å². The van der Waals surface area contributed by atoms with E-state index < -0.39 is 0 Å². The first-order chi connectivity index (χ1) is 5.29. The lowest BCUT2D eigenvalue weighted by Crippen LogP contribution is -1.96. The number of benzene rings is 1. The summed E-state index contributed by atoms with van der Waals surface area (Å²) >= 11 is 1.94. The lowest BCUT2D eigenvalue weighted by Gasteiger charge is -1.97. The van der Waals surface area contributed by atoms with Crippen molar-refractivity contribution >= 4 is 22.7 Å². The van der Waals surface area contributed by atoms with E-state index in [4.69, 9.17) is 0 Å². The third-order valence-corrected chi connectivity index (χ3v) is 4.17. The zero-order valence-corrected chi connectivity index (χ0v) is 8.54. The Hall–Kier alpha value is -0.0800. The number of hydrogen-bond acceptors (Lipinski definition) is 1. The van der Waals surface area contributed by atoms with Gasteiger partial charge in [0.05, 0.1) is 12.5 Å². The standard InChI is InChI=1S/C9H13S2/c1-11(2)8-10-9-6-4-3-5-7-9/h3-7H,8H2,1-2H3/q+1. The maximum Gasteiger partial charge on any atom is 0.157 e. The predicted molar refractivity (Wildman–Crippen MR) is 56.4 cm³/mol. The van der Waals surface area contributed by atoms with Crippen LogP contribution in [0.3, 0.4) is 0 Å². The average molecular weight is 185 g/mol. The molecule has 0 aliphatic carbocycles. The molecular formula is C9H13S2+. The Balaban J connectivity index is 2.39. The summed E-state index contributed by atoms with van der Waals surface area (Å²) in [5.41, 5.74) is 0. The zero-order chi connectivity index (χ0) is 8.10. The van der Waals surface area contributed by atoms with Gasteiger partial charge in [-0.25, -0.2) is 0 Å². The SMILES string of the molecule is C[S+](C)CSc1ccccc1. The van der Waals surface area contributed by atoms with Crippen molar-refractivity contribution in [3.8, 4) is 0 Å². The molecule has 11 heavy (non-hydrogen) atoms. The van der Waals surface area contributed by atoms with Gasteiger partial charge in [-0.2, -0.15) is 0 Å². The molecule has 0 fully saturated rings. The first-order valence-electron chi connectivity index (χ1n) is 3.51. The maximum absolute atomic E-state index is 2.27. The Labute approximate surface area is 75.7 Å². The Bertz CT molecular complexity index is 194. The fourth-order valence-corrected chi connectivity index (χ4v) is 2.54. The van der Waals surface area contributed by atoms with Crippen LogP contribution in [0.15, 0.2) is 35.2 Å². The molecule has 0 bridgehead atoms. The highest BCUT2D eigenvalue weighted by Crippen LogP contribution is 2.18. The highest BCUT2D eigenvalue weighted by atomic mass is 32.2. The van der Waals surface area contributed by atoms with Gasteiger partial charge in [0, 0.05) is 4.90 Å². The Morgan fingerprint density at radius 2 is 1.82 bits per heavy atom. The van der Waals surface area contributed by atoms with E-state index in [1.807, 2.05) is 11.8 Å². The van der Waals surface area contributed by atoms with Crippen LogP contribution in [-0.2, 0) is 10.9 Å². The summed E-state index contributed by atoms with van der Waals surface area (Å²) in [6.45, 7) is 0. The van der Waals surface area contributed by atoms with E-state index >= 15 is 0 Å². The Morgan fingerprint density at radius 1 is 1.18 bits per heavy atom. The quantitative estimate of drug-likeness (QED) is 0.515. The topological polar surface area (TPSA) is 0 Å². The van der Waals surface area contributed by atoms with Crippen molar-refractivity contribution in [1.82, 2.24) is 0 Å². The van der Waals surface area contributed by atoms with Crippen molar-refractivity contribution in [3.05, 3.63) is 30.3 Å². The molecular weight excluding hydrogens is 172 g/mol. The van der Waals surface area contributed by atoms with Gasteiger partial charge >= 0.3 is 0 Å². The van der Waals surface area contributed by atoms with Gasteiger partial charge in [-0.1, -0.05) is 30.0 Å². The van der Waals surface area contributed by atoms with E-state index in [-0.39, 0.29) is 0 Å². The first kappa shape index (κ1) is 9.01. The van der Waals surface area contributed by atoms with Gasteiger partial charge < -0.3 is 0 Å². The van der Waals surface area contributed by atoms with E-state index in [1.54, 1.807) is 0 Å². The van der Waals surface area contributed by atoms with Gasteiger partial charge in [-0.15, -0.1) is 0 Å². The van der Waals surface area contributed by atoms with Crippen LogP contribution in [0.1, 0.15) is 0 Å². The number of hydrogen-bond donors (Lipinski definition) is 0. The van der Waals surface area contributed by atoms with Gasteiger partial charge in [0.2, 0.25) is 0 Å². The summed E-state index contributed by atoms with van der Waals surface area (Å²) in [5.74, 6) is 0. The summed E-state index contributed by atoms with van der Waals surface area (Å²) in [7, 11) is 0.547. The molecule has 0 saturated heterocycles. The first-order valence-corrected chi connectivity index (χ1v) is 6.70. The van der Waals surface area contributed by atoms with Gasteiger partial charge in [-0.05, 0) is 23.0 Å². The minimum atomic E-state index is 0.547. The fraction of sp³-hybridized carbons (Fsp3) is 0.333. The van der Waals surface area contributed by atoms with Crippen molar-refractivity contribution in [1.29, 1.82) is 0 Å². The van der Waals surface area contributed by atoms with Crippen LogP contribution in [-0.4, -0.2) is 17.6 Å². The average Bonchev–Trinajstić information content (AvgIpc) is 2.03. The van der Waals surface area contributed by atoms with Gasteiger partial charge in [0.1, 0.15) is 0 Å². The summed E-state index contributed by atoms with van der Waals surface area (Å²) in [4.78, 5) is 1.38. The van der Waals surface area contributed by atoms with Crippen molar-refractivity contribution in [2.24, 2.45) is 0 Å². The lowest BCUT2D eigenvalue weighted by molar-refractivity contribution is 1.47. The Morgan fingerprint density at radius 3 is 2.36 bits per heavy atom. The zero-order valence-electron chi connectivity index (χ0n) is 6.91. The number of rotatable bonds is 3. The number of thioether (sulfide) groups is 1. The predicted octanol–water partition coefficient (Wildman–Crippen LogP) is 2.61. The smallest absolute Gasteiger partial charge is 0.0725 e. The molecule has 0 aliphatic rings. The van der Waals surface area contributed by atoms with Gasteiger partial charge in [0.25, 0.3) is 0 Å². The second kappa shape index (κ2) is 4.73. The molecule has 0 atom stereocenters. The minimum absolute atomic E-state index is 0.547. The molecule has 0 aliphatic heterocycles. The largest absolute Gasteiger partial charge is 0.157 e. The summed E-state index contributed by atoms with van der Waals surface area (Å²) < 4.78 is 0. The van der Waals surface area contributed by atoms with E-state index in [0.717, 1.165) is 0 Å². The van der Waals surface area contributed by atoms with E-state index in [1.165, 1.54) is 9.98 Å². The molecule has 0 nitrogen and oxygen atoms in total. The normalized spacial score (nSPS) is 10.5. The third-order valence-electron chi connectivity index (χ3n) is 1.20. The van der Waals surface area contributed by atoms with Crippen molar-refractivity contribution < 1.29 is 0 Å². The summed E-state index contributed by atoms with van der Waals surface area (Å²) in [6, 6.07) is 10.6. The molecule has 0 aromatic heterocycles. The van der Waals surface area contributed by atoms with E-state index in [9.17, 15) is 0 Å². The molecule has 0 N–H and O–H groups in total. The van der Waals surface area contributed by atoms with Gasteiger partial charge in [0.15, 0.2) is 5.08 Å². The van der Waals surface area contributed by atoms with Crippen LogP contribution in [0.4, 0.5) is 0 Å². The van der Waals surface area contributed by atoms with Crippen molar-refractivity contribution in [3.63, 3.8) is 0 Å². The van der Waals surface area contributed by atoms with Gasteiger partial charge in [-0.3, -0.25) is 0 Å². The third kappa shape index (κ3) is 3.73. The van der Waals surface area contributed by atoms with Crippen LogP contribution in [0, 0.1) is 0 Å². The van der Waals surface area contributed by atoms with Crippen LogP contribution in [0.2, 0.25) is 0 Å². The molecule has 0 spiro atoms. The molecule has 1 aromatic carbocycles. The van der Waals surface area contributed by atoms with E-state index in [2.05, 4.69) is 42.8 Å². The van der Waals surface area contributed by atoms with E-state index in [0.29, 0.717) is 10.9 Å². The lowest BCUT2D eigenvalue weighted by atomic mass is 10.4. The molecule has 1 aromatic rings. The Kier molecular flexibility index (Phi) is 3.87. The molecule has 0 saturated carbocycles. The molecule has 0 radical (unpaired) electrons. The maximum atomic E-state index is 2.27. The molecule has 0 heterocycles. The second-order valence-corrected chi connectivity index (χ2v) is 6.23. The summed E-state index contributed by atoms with van der Waals surface area (Å²) in [6.07, 6.45) is 4.55. The minimum Gasteiger partial charge on any atom is -0.0725 e. The molecule has 0 amide bonds. The molecule has 1 rings (SSSR count). The van der Waals surface area contributed by atoms with Crippen molar-refractivity contribution in [2.45, 2.75) is 4.90 Å². The fourth-order valence-electron chi connectivity index (χ4n) is 0.703. The van der Waals surface area contributed by atoms with Crippen LogP contribution >= 0.6 is 11.8 Å². The molecule has 2 heteroatoms. The highest BCUT2D eigenvalue weighted by Gasteiger charge is 2.01. The second-order valence-electron chi connectivity index (χ2n) is 2.56. The molecule has 60 valence electrons. The van der Waals surface area contributed by atoms with Crippen LogP contribution < -0.4 is 0 Å².